The number of benzene rings is 1. The lowest BCUT2D eigenvalue weighted by Crippen LogP contribution is -2.17. The normalized spacial score (nSPS) is 9.46. The van der Waals surface area contributed by atoms with Gasteiger partial charge < -0.3 is 15.3 Å². The van der Waals surface area contributed by atoms with Gasteiger partial charge in [-0.1, -0.05) is 0 Å². The lowest BCUT2D eigenvalue weighted by atomic mass is 9.82. The van der Waals surface area contributed by atoms with E-state index in [-0.39, 0.29) is 0 Å². The van der Waals surface area contributed by atoms with E-state index >= 15 is 0 Å². The highest BCUT2D eigenvalue weighted by atomic mass is 16.3. The lowest BCUT2D eigenvalue weighted by Gasteiger charge is -2.10. The van der Waals surface area contributed by atoms with Gasteiger partial charge in [0.1, 0.15) is 44.6 Å². The van der Waals surface area contributed by atoms with Gasteiger partial charge in [-0.15, -0.1) is 0 Å². The van der Waals surface area contributed by atoms with Crippen LogP contribution in [0.25, 0.3) is 0 Å². The first-order valence-electron chi connectivity index (χ1n) is 3.22. The van der Waals surface area contributed by atoms with Crippen LogP contribution in [0.4, 0.5) is 0 Å². The molecule has 0 unspecified atom stereocenters. The Morgan fingerprint density at radius 2 is 1.31 bits per heavy atom. The third kappa shape index (κ3) is 1.18. The summed E-state index contributed by atoms with van der Waals surface area (Å²) in [6, 6.07) is 1.50. The molecule has 13 heavy (non-hydrogen) atoms. The minimum Gasteiger partial charge on any atom is -0.509 e. The Bertz CT molecular complexity index is 382. The molecule has 0 aliphatic heterocycles. The second-order valence-corrected chi connectivity index (χ2v) is 2.36. The van der Waals surface area contributed by atoms with Crippen LogP contribution in [0.3, 0.4) is 0 Å². The summed E-state index contributed by atoms with van der Waals surface area (Å²) in [5, 5.41) is 35.9. The van der Waals surface area contributed by atoms with Crippen LogP contribution in [0, 0.1) is 11.3 Å². The molecule has 0 bridgehead atoms. The largest absolute Gasteiger partial charge is 0.509 e. The Balaban J connectivity index is 3.69. The summed E-state index contributed by atoms with van der Waals surface area (Å²) in [5.41, 5.74) is -1.30. The Morgan fingerprint density at radius 1 is 0.923 bits per heavy atom. The van der Waals surface area contributed by atoms with Gasteiger partial charge in [0, 0.05) is 0 Å². The maximum atomic E-state index is 9.16. The Kier molecular flexibility index (Phi) is 2.11. The number of hydrogen-bond donors (Lipinski definition) is 3. The van der Waals surface area contributed by atoms with Gasteiger partial charge in [-0.2, -0.15) is 5.26 Å². The smallest absolute Gasteiger partial charge is 0.134 e. The molecule has 3 N–H and O–H groups in total. The highest BCUT2D eigenvalue weighted by Crippen LogP contribution is 2.25. The second-order valence-electron chi connectivity index (χ2n) is 2.36. The van der Waals surface area contributed by atoms with E-state index in [1.807, 2.05) is 0 Å². The van der Waals surface area contributed by atoms with Crippen molar-refractivity contribution in [1.82, 2.24) is 0 Å². The number of rotatable bonds is 0. The zero-order valence-corrected chi connectivity index (χ0v) is 6.44. The van der Waals surface area contributed by atoms with Crippen LogP contribution in [-0.2, 0) is 0 Å². The van der Waals surface area contributed by atoms with Crippen molar-refractivity contribution in [1.29, 1.82) is 5.26 Å². The SMILES string of the molecule is [B]c1c(O)c([B])c(O)c(C#N)c1O. The summed E-state index contributed by atoms with van der Waals surface area (Å²) in [6.45, 7) is 0. The van der Waals surface area contributed by atoms with Crippen molar-refractivity contribution in [3.05, 3.63) is 5.56 Å². The van der Waals surface area contributed by atoms with Gasteiger partial charge in [0.25, 0.3) is 0 Å². The molecule has 0 saturated heterocycles. The van der Waals surface area contributed by atoms with Gasteiger partial charge in [0.2, 0.25) is 0 Å². The number of phenols is 3. The average molecular weight is 171 g/mol. The third-order valence-electron chi connectivity index (χ3n) is 1.61. The minimum absolute atomic E-state index is 0.424. The lowest BCUT2D eigenvalue weighted by molar-refractivity contribution is 0.437. The van der Waals surface area contributed by atoms with Crippen LogP contribution in [0.5, 0.6) is 17.2 Å². The van der Waals surface area contributed by atoms with Gasteiger partial charge in [-0.05, 0) is 10.9 Å². The Morgan fingerprint density at radius 3 is 1.62 bits per heavy atom. The van der Waals surface area contributed by atoms with Crippen molar-refractivity contribution in [3.8, 4) is 23.3 Å². The third-order valence-corrected chi connectivity index (χ3v) is 1.61. The number of nitrogens with zero attached hydrogens (tertiary/aromatic N) is 1. The van der Waals surface area contributed by atoms with Crippen molar-refractivity contribution in [2.24, 2.45) is 0 Å². The summed E-state index contributed by atoms with van der Waals surface area (Å²) in [7, 11) is 10.4. The van der Waals surface area contributed by atoms with Crippen LogP contribution in [-0.4, -0.2) is 31.0 Å². The number of hydrogen-bond acceptors (Lipinski definition) is 4. The monoisotopic (exact) mass is 171 g/mol. The molecule has 0 atom stereocenters. The highest BCUT2D eigenvalue weighted by molar-refractivity contribution is 6.44. The first kappa shape index (κ1) is 9.33. The van der Waals surface area contributed by atoms with Gasteiger partial charge in [-0.3, -0.25) is 0 Å². The van der Waals surface area contributed by atoms with Gasteiger partial charge >= 0.3 is 0 Å². The topological polar surface area (TPSA) is 84.5 Å². The molecule has 0 aromatic heterocycles. The van der Waals surface area contributed by atoms with Crippen LogP contribution in [0.1, 0.15) is 5.56 Å². The summed E-state index contributed by atoms with van der Waals surface area (Å²) in [5.74, 6) is -1.98. The van der Waals surface area contributed by atoms with E-state index in [1.165, 1.54) is 6.07 Å². The zero-order valence-electron chi connectivity index (χ0n) is 6.44. The maximum Gasteiger partial charge on any atom is 0.134 e. The first-order chi connectivity index (χ1) is 6.00. The van der Waals surface area contributed by atoms with Gasteiger partial charge in [-0.25, -0.2) is 0 Å². The Hall–Kier alpha value is -1.76. The molecule has 0 spiro atoms. The minimum atomic E-state index is -0.674. The molecular weight excluding hydrogens is 168 g/mol. The first-order valence-corrected chi connectivity index (χ1v) is 3.22. The fourth-order valence-corrected chi connectivity index (χ4v) is 0.857. The van der Waals surface area contributed by atoms with E-state index < -0.39 is 33.7 Å². The molecular formula is C7H3B2NO3. The number of nitriles is 1. The molecule has 0 saturated carbocycles. The summed E-state index contributed by atoms with van der Waals surface area (Å²) < 4.78 is 0. The van der Waals surface area contributed by atoms with E-state index in [1.54, 1.807) is 0 Å². The number of phenolic OH excluding ortho intramolecular Hbond substituents is 3. The van der Waals surface area contributed by atoms with E-state index in [0.717, 1.165) is 0 Å². The fourth-order valence-electron chi connectivity index (χ4n) is 0.857. The van der Waals surface area contributed by atoms with E-state index in [2.05, 4.69) is 0 Å². The zero-order chi connectivity index (χ0) is 10.2. The van der Waals surface area contributed by atoms with Gasteiger partial charge in [0.05, 0.1) is 0 Å². The summed E-state index contributed by atoms with van der Waals surface area (Å²) in [6.07, 6.45) is 0. The predicted molar refractivity (Wildman–Crippen MR) is 46.9 cm³/mol. The van der Waals surface area contributed by atoms with Crippen molar-refractivity contribution >= 4 is 26.6 Å². The molecule has 6 heteroatoms. The fraction of sp³-hybridized carbons (Fsp3) is 0. The van der Waals surface area contributed by atoms with Crippen molar-refractivity contribution in [3.63, 3.8) is 0 Å². The molecule has 0 fully saturated rings. The van der Waals surface area contributed by atoms with Crippen molar-refractivity contribution in [2.75, 3.05) is 0 Å². The molecule has 4 nitrogen and oxygen atoms in total. The molecule has 1 aromatic rings. The van der Waals surface area contributed by atoms with E-state index in [9.17, 15) is 0 Å². The average Bonchev–Trinajstić information content (AvgIpc) is 2.13. The maximum absolute atomic E-state index is 9.16. The summed E-state index contributed by atoms with van der Waals surface area (Å²) in [4.78, 5) is 0. The van der Waals surface area contributed by atoms with Crippen molar-refractivity contribution in [2.45, 2.75) is 0 Å². The molecule has 1 rings (SSSR count). The second kappa shape index (κ2) is 2.94. The highest BCUT2D eigenvalue weighted by Gasteiger charge is 2.16. The standard InChI is InChI=1S/C7H3B2NO3/c8-3-5(11)2(1-10)6(12)4(9)7(3)13/h11-13H. The summed E-state index contributed by atoms with van der Waals surface area (Å²) >= 11 is 0. The van der Waals surface area contributed by atoms with E-state index in [4.69, 9.17) is 36.3 Å². The molecule has 0 aliphatic rings. The van der Waals surface area contributed by atoms with Gasteiger partial charge in [0.15, 0.2) is 0 Å². The predicted octanol–water partition coefficient (Wildman–Crippen LogP) is -1.74. The van der Waals surface area contributed by atoms with Crippen LogP contribution in [0.15, 0.2) is 0 Å². The molecule has 0 amide bonds. The number of aromatic hydroxyl groups is 3. The molecule has 1 aromatic carbocycles. The van der Waals surface area contributed by atoms with Crippen LogP contribution < -0.4 is 10.9 Å². The molecule has 4 radical (unpaired) electrons. The van der Waals surface area contributed by atoms with Crippen LogP contribution >= 0.6 is 0 Å². The molecule has 0 heterocycles. The Labute approximate surface area is 76.9 Å². The molecule has 60 valence electrons. The molecule has 0 aliphatic carbocycles. The quantitative estimate of drug-likeness (QED) is 0.404. The van der Waals surface area contributed by atoms with Crippen molar-refractivity contribution < 1.29 is 15.3 Å². The van der Waals surface area contributed by atoms with E-state index in [0.29, 0.717) is 0 Å². The van der Waals surface area contributed by atoms with Crippen LogP contribution in [0.2, 0.25) is 0 Å².